The number of Topliss-reactive ketones (excluding diaryl/α,β-unsaturated/α-hetero) is 1. The summed E-state index contributed by atoms with van der Waals surface area (Å²) in [5.74, 6) is 0.127. The number of rotatable bonds is 5. The lowest BCUT2D eigenvalue weighted by molar-refractivity contribution is 0.101. The van der Waals surface area contributed by atoms with Crippen LogP contribution in [0.15, 0.2) is 24.3 Å². The first-order valence-electron chi connectivity index (χ1n) is 7.00. The Balaban J connectivity index is 1.95. The summed E-state index contributed by atoms with van der Waals surface area (Å²) in [6.07, 6.45) is 6.70. The number of ketones is 1. The fourth-order valence-electron chi connectivity index (χ4n) is 2.89. The van der Waals surface area contributed by atoms with Crippen LogP contribution in [-0.2, 0) is 0 Å². The van der Waals surface area contributed by atoms with Gasteiger partial charge in [-0.15, -0.1) is 0 Å². The van der Waals surface area contributed by atoms with Gasteiger partial charge in [-0.05, 0) is 55.9 Å². The van der Waals surface area contributed by atoms with Gasteiger partial charge < -0.3 is 5.32 Å². The topological polar surface area (TPSA) is 29.1 Å². The van der Waals surface area contributed by atoms with Gasteiger partial charge in [0.05, 0.1) is 0 Å². The molecule has 2 rings (SSSR count). The van der Waals surface area contributed by atoms with Crippen LogP contribution in [0.3, 0.4) is 0 Å². The van der Waals surface area contributed by atoms with Crippen LogP contribution in [0, 0.1) is 5.41 Å². The van der Waals surface area contributed by atoms with Gasteiger partial charge in [-0.25, -0.2) is 0 Å². The monoisotopic (exact) mass is 245 g/mol. The molecule has 0 radical (unpaired) electrons. The molecule has 98 valence electrons. The third kappa shape index (κ3) is 2.92. The molecular formula is C16H23NO. The van der Waals surface area contributed by atoms with Gasteiger partial charge in [0.15, 0.2) is 5.78 Å². The molecule has 2 nitrogen and oxygen atoms in total. The van der Waals surface area contributed by atoms with E-state index in [1.54, 1.807) is 6.92 Å². The summed E-state index contributed by atoms with van der Waals surface area (Å²) in [7, 11) is 0. The molecule has 0 heterocycles. The van der Waals surface area contributed by atoms with Crippen LogP contribution >= 0.6 is 0 Å². The summed E-state index contributed by atoms with van der Waals surface area (Å²) in [5.41, 5.74) is 2.41. The fraction of sp³-hybridized carbons (Fsp3) is 0.562. The van der Waals surface area contributed by atoms with E-state index in [-0.39, 0.29) is 5.78 Å². The number of benzene rings is 1. The molecule has 0 amide bonds. The van der Waals surface area contributed by atoms with E-state index in [1.165, 1.54) is 32.1 Å². The van der Waals surface area contributed by atoms with Crippen molar-refractivity contribution in [2.24, 2.45) is 5.41 Å². The van der Waals surface area contributed by atoms with Crippen molar-refractivity contribution in [1.82, 2.24) is 0 Å². The van der Waals surface area contributed by atoms with Gasteiger partial charge in [0.1, 0.15) is 0 Å². The Bertz CT molecular complexity index is 402. The van der Waals surface area contributed by atoms with Gasteiger partial charge in [-0.3, -0.25) is 4.79 Å². The smallest absolute Gasteiger partial charge is 0.159 e. The van der Waals surface area contributed by atoms with Gasteiger partial charge >= 0.3 is 0 Å². The minimum atomic E-state index is 0.127. The minimum Gasteiger partial charge on any atom is -0.384 e. The van der Waals surface area contributed by atoms with E-state index >= 15 is 0 Å². The van der Waals surface area contributed by atoms with E-state index in [0.717, 1.165) is 17.8 Å². The van der Waals surface area contributed by atoms with E-state index in [9.17, 15) is 4.79 Å². The molecule has 1 aromatic carbocycles. The van der Waals surface area contributed by atoms with Gasteiger partial charge in [0, 0.05) is 17.8 Å². The highest BCUT2D eigenvalue weighted by Crippen LogP contribution is 2.40. The predicted molar refractivity (Wildman–Crippen MR) is 76.1 cm³/mol. The summed E-state index contributed by atoms with van der Waals surface area (Å²) in [4.78, 5) is 11.2. The molecule has 1 aliphatic carbocycles. The number of hydrogen-bond acceptors (Lipinski definition) is 2. The fourth-order valence-corrected chi connectivity index (χ4v) is 2.89. The Hall–Kier alpha value is -1.31. The molecule has 0 unspecified atom stereocenters. The Morgan fingerprint density at radius 2 is 1.83 bits per heavy atom. The first kappa shape index (κ1) is 13.1. The molecule has 0 atom stereocenters. The van der Waals surface area contributed by atoms with Crippen molar-refractivity contribution < 1.29 is 4.79 Å². The maximum Gasteiger partial charge on any atom is 0.159 e. The third-order valence-corrected chi connectivity index (χ3v) is 4.37. The summed E-state index contributed by atoms with van der Waals surface area (Å²) >= 11 is 0. The second-order valence-corrected chi connectivity index (χ2v) is 5.55. The van der Waals surface area contributed by atoms with Crippen LogP contribution in [0.2, 0.25) is 0 Å². The summed E-state index contributed by atoms with van der Waals surface area (Å²) in [5, 5.41) is 3.53. The SMILES string of the molecule is CCC1(CNc2ccc(C(C)=O)cc2)CCCC1. The van der Waals surface area contributed by atoms with Gasteiger partial charge in [0.2, 0.25) is 0 Å². The lowest BCUT2D eigenvalue weighted by Crippen LogP contribution is -2.25. The van der Waals surface area contributed by atoms with Gasteiger partial charge in [-0.2, -0.15) is 0 Å². The van der Waals surface area contributed by atoms with Crippen LogP contribution in [0.25, 0.3) is 0 Å². The van der Waals surface area contributed by atoms with E-state index in [2.05, 4.69) is 12.2 Å². The maximum absolute atomic E-state index is 11.2. The first-order valence-corrected chi connectivity index (χ1v) is 7.00. The number of carbonyl (C=O) groups excluding carboxylic acids is 1. The Morgan fingerprint density at radius 1 is 1.22 bits per heavy atom. The third-order valence-electron chi connectivity index (χ3n) is 4.37. The van der Waals surface area contributed by atoms with Crippen LogP contribution in [-0.4, -0.2) is 12.3 Å². The van der Waals surface area contributed by atoms with Crippen LogP contribution in [0.1, 0.15) is 56.3 Å². The van der Waals surface area contributed by atoms with E-state index in [4.69, 9.17) is 0 Å². The largest absolute Gasteiger partial charge is 0.384 e. The number of hydrogen-bond donors (Lipinski definition) is 1. The van der Waals surface area contributed by atoms with E-state index < -0.39 is 0 Å². The molecule has 1 N–H and O–H groups in total. The molecule has 0 bridgehead atoms. The number of carbonyl (C=O) groups is 1. The van der Waals surface area contributed by atoms with Crippen molar-refractivity contribution in [3.8, 4) is 0 Å². The molecule has 18 heavy (non-hydrogen) atoms. The molecule has 0 aromatic heterocycles. The first-order chi connectivity index (χ1) is 8.65. The normalized spacial score (nSPS) is 17.7. The van der Waals surface area contributed by atoms with Crippen molar-refractivity contribution in [3.05, 3.63) is 29.8 Å². The molecule has 2 heteroatoms. The predicted octanol–water partition coefficient (Wildman–Crippen LogP) is 4.27. The highest BCUT2D eigenvalue weighted by molar-refractivity contribution is 5.94. The Kier molecular flexibility index (Phi) is 4.05. The van der Waals surface area contributed by atoms with Crippen molar-refractivity contribution >= 4 is 11.5 Å². The molecule has 0 saturated heterocycles. The Morgan fingerprint density at radius 3 is 2.33 bits per heavy atom. The molecule has 0 aliphatic heterocycles. The molecule has 1 aliphatic rings. The van der Waals surface area contributed by atoms with Gasteiger partial charge in [0.25, 0.3) is 0 Å². The summed E-state index contributed by atoms with van der Waals surface area (Å²) in [6, 6.07) is 7.82. The molecule has 1 fully saturated rings. The lowest BCUT2D eigenvalue weighted by Gasteiger charge is -2.28. The van der Waals surface area contributed by atoms with Crippen LogP contribution in [0.5, 0.6) is 0 Å². The standard InChI is InChI=1S/C16H23NO/c1-3-16(10-4-5-11-16)12-17-15-8-6-14(7-9-15)13(2)18/h6-9,17H,3-5,10-12H2,1-2H3. The second kappa shape index (κ2) is 5.55. The van der Waals surface area contributed by atoms with Gasteiger partial charge in [-0.1, -0.05) is 19.8 Å². The highest BCUT2D eigenvalue weighted by atomic mass is 16.1. The quantitative estimate of drug-likeness (QED) is 0.785. The van der Waals surface area contributed by atoms with E-state index in [1.807, 2.05) is 24.3 Å². The van der Waals surface area contributed by atoms with Crippen molar-refractivity contribution in [2.45, 2.75) is 46.0 Å². The molecule has 1 aromatic rings. The average Bonchev–Trinajstić information content (AvgIpc) is 2.86. The second-order valence-electron chi connectivity index (χ2n) is 5.55. The van der Waals surface area contributed by atoms with Crippen molar-refractivity contribution in [1.29, 1.82) is 0 Å². The van der Waals surface area contributed by atoms with Crippen molar-refractivity contribution in [2.75, 3.05) is 11.9 Å². The highest BCUT2D eigenvalue weighted by Gasteiger charge is 2.31. The average molecular weight is 245 g/mol. The van der Waals surface area contributed by atoms with Crippen LogP contribution < -0.4 is 5.32 Å². The molecular weight excluding hydrogens is 222 g/mol. The zero-order valence-electron chi connectivity index (χ0n) is 11.5. The zero-order valence-corrected chi connectivity index (χ0v) is 11.5. The lowest BCUT2D eigenvalue weighted by atomic mass is 9.83. The molecule has 1 saturated carbocycles. The summed E-state index contributed by atoms with van der Waals surface area (Å²) in [6.45, 7) is 4.96. The number of anilines is 1. The van der Waals surface area contributed by atoms with E-state index in [0.29, 0.717) is 5.41 Å². The molecule has 0 spiro atoms. The summed E-state index contributed by atoms with van der Waals surface area (Å²) < 4.78 is 0. The zero-order chi connectivity index (χ0) is 13.0. The van der Waals surface area contributed by atoms with Crippen LogP contribution in [0.4, 0.5) is 5.69 Å². The maximum atomic E-state index is 11.2. The van der Waals surface area contributed by atoms with Crippen molar-refractivity contribution in [3.63, 3.8) is 0 Å². The Labute approximate surface area is 110 Å². The minimum absolute atomic E-state index is 0.127. The number of nitrogens with one attached hydrogen (secondary N) is 1.